The van der Waals surface area contributed by atoms with Gasteiger partial charge in [-0.05, 0) is 54.5 Å². The van der Waals surface area contributed by atoms with E-state index in [0.29, 0.717) is 12.2 Å². The number of amides is 2. The van der Waals surface area contributed by atoms with Crippen molar-refractivity contribution < 1.29 is 15.0 Å². The Balaban J connectivity index is 1.63. The smallest absolute Gasteiger partial charge is 0.320 e. The second-order valence-corrected chi connectivity index (χ2v) is 9.12. The molecule has 0 radical (unpaired) electrons. The molecular weight excluding hydrogens is 404 g/mol. The van der Waals surface area contributed by atoms with Crippen molar-refractivity contribution in [3.8, 4) is 5.69 Å². The third-order valence-corrected chi connectivity index (χ3v) is 6.35. The summed E-state index contributed by atoms with van der Waals surface area (Å²) < 4.78 is 1.71. The predicted molar refractivity (Wildman–Crippen MR) is 124 cm³/mol. The number of nitrogens with zero attached hydrogens (tertiary/aromatic N) is 2. The Bertz CT molecular complexity index is 1140. The Morgan fingerprint density at radius 3 is 2.59 bits per heavy atom. The maximum Gasteiger partial charge on any atom is 0.320 e. The van der Waals surface area contributed by atoms with E-state index >= 15 is 0 Å². The van der Waals surface area contributed by atoms with E-state index in [1.54, 1.807) is 4.68 Å². The first-order chi connectivity index (χ1) is 15.2. The van der Waals surface area contributed by atoms with Crippen molar-refractivity contribution in [1.82, 2.24) is 15.1 Å². The Morgan fingerprint density at radius 2 is 1.91 bits per heavy atom. The van der Waals surface area contributed by atoms with Crippen LogP contribution in [0.25, 0.3) is 5.69 Å². The molecule has 7 heteroatoms. The van der Waals surface area contributed by atoms with E-state index in [1.807, 2.05) is 62.4 Å². The number of carbonyl (C=O) groups is 1. The van der Waals surface area contributed by atoms with Gasteiger partial charge in [0, 0.05) is 5.56 Å². The Morgan fingerprint density at radius 1 is 1.19 bits per heavy atom. The van der Waals surface area contributed by atoms with Crippen LogP contribution < -0.4 is 10.6 Å². The van der Waals surface area contributed by atoms with Crippen molar-refractivity contribution in [1.29, 1.82) is 0 Å². The third kappa shape index (κ3) is 4.01. The number of urea groups is 1. The fraction of sp³-hybridized carbons (Fsp3) is 0.360. The maximum absolute atomic E-state index is 13.1. The number of nitrogens with one attached hydrogen (secondary N) is 2. The number of carbonyl (C=O) groups excluding carboxylic acids is 1. The summed E-state index contributed by atoms with van der Waals surface area (Å²) in [5.41, 5.74) is 4.94. The predicted octanol–water partition coefficient (Wildman–Crippen LogP) is 3.89. The average Bonchev–Trinajstić information content (AvgIpc) is 3.05. The molecule has 7 nitrogen and oxygen atoms in total. The number of rotatable bonds is 4. The van der Waals surface area contributed by atoms with Crippen LogP contribution in [0.1, 0.15) is 54.3 Å². The van der Waals surface area contributed by atoms with Crippen LogP contribution in [0, 0.1) is 13.8 Å². The van der Waals surface area contributed by atoms with Gasteiger partial charge >= 0.3 is 6.03 Å². The molecule has 2 amide bonds. The quantitative estimate of drug-likeness (QED) is 0.501. The van der Waals surface area contributed by atoms with Crippen LogP contribution in [0.4, 0.5) is 10.6 Å². The van der Waals surface area contributed by atoms with E-state index in [1.165, 1.54) is 0 Å². The van der Waals surface area contributed by atoms with Crippen LogP contribution in [-0.2, 0) is 12.0 Å². The standard InChI is InChI=1S/C25H30N4O3/c1-15-16(2)28-29(18-8-6-5-7-9-18)23(15)27-24(32)26-22-19-12-17(14-30)10-11-20(19)25(3,4)13-21(22)31/h5-12,21-22,30-31H,13-14H2,1-4H3,(H2,26,27,32)/t21-,22?/m1/s1. The summed E-state index contributed by atoms with van der Waals surface area (Å²) in [6.07, 6.45) is -0.234. The summed E-state index contributed by atoms with van der Waals surface area (Å²) in [4.78, 5) is 13.1. The molecule has 0 fully saturated rings. The molecule has 1 aliphatic rings. The van der Waals surface area contributed by atoms with Gasteiger partial charge in [-0.1, -0.05) is 50.2 Å². The molecule has 4 N–H and O–H groups in total. The topological polar surface area (TPSA) is 99.4 Å². The van der Waals surface area contributed by atoms with Gasteiger partial charge in [0.2, 0.25) is 0 Å². The SMILES string of the molecule is Cc1nn(-c2ccccc2)c(NC(=O)NC2c3cc(CO)ccc3C(C)(C)C[C@H]2O)c1C. The molecule has 0 saturated heterocycles. The molecule has 0 bridgehead atoms. The van der Waals surface area contributed by atoms with Crippen LogP contribution >= 0.6 is 0 Å². The zero-order chi connectivity index (χ0) is 23.0. The van der Waals surface area contributed by atoms with Gasteiger partial charge in [0.05, 0.1) is 30.1 Å². The van der Waals surface area contributed by atoms with Crippen molar-refractivity contribution in [2.75, 3.05) is 5.32 Å². The van der Waals surface area contributed by atoms with Gasteiger partial charge in [-0.15, -0.1) is 0 Å². The monoisotopic (exact) mass is 434 g/mol. The molecule has 1 aromatic heterocycles. The Hall–Kier alpha value is -3.16. The molecule has 1 heterocycles. The van der Waals surface area contributed by atoms with Gasteiger partial charge in [-0.2, -0.15) is 5.10 Å². The highest BCUT2D eigenvalue weighted by Crippen LogP contribution is 2.42. The van der Waals surface area contributed by atoms with Crippen molar-refractivity contribution in [2.24, 2.45) is 0 Å². The number of aliphatic hydroxyl groups excluding tert-OH is 2. The summed E-state index contributed by atoms with van der Waals surface area (Å²) in [6.45, 7) is 7.87. The minimum absolute atomic E-state index is 0.0997. The van der Waals surface area contributed by atoms with Gasteiger partial charge in [0.25, 0.3) is 0 Å². The number of aromatic nitrogens is 2. The average molecular weight is 435 g/mol. The molecule has 0 spiro atoms. The maximum atomic E-state index is 13.1. The molecule has 0 saturated carbocycles. The van der Waals surface area contributed by atoms with Crippen molar-refractivity contribution in [2.45, 2.75) is 58.3 Å². The summed E-state index contributed by atoms with van der Waals surface area (Å²) in [6, 6.07) is 14.3. The van der Waals surface area contributed by atoms with E-state index in [-0.39, 0.29) is 12.0 Å². The minimum Gasteiger partial charge on any atom is -0.392 e. The van der Waals surface area contributed by atoms with E-state index in [0.717, 1.165) is 33.6 Å². The second kappa shape index (κ2) is 8.41. The van der Waals surface area contributed by atoms with Crippen LogP contribution in [0.2, 0.25) is 0 Å². The summed E-state index contributed by atoms with van der Waals surface area (Å²) in [5.74, 6) is 0.584. The van der Waals surface area contributed by atoms with Crippen LogP contribution in [0.5, 0.6) is 0 Å². The molecule has 0 aliphatic heterocycles. The summed E-state index contributed by atoms with van der Waals surface area (Å²) in [7, 11) is 0. The van der Waals surface area contributed by atoms with E-state index in [9.17, 15) is 15.0 Å². The van der Waals surface area contributed by atoms with Gasteiger partial charge in [-0.25, -0.2) is 9.48 Å². The highest BCUT2D eigenvalue weighted by Gasteiger charge is 2.39. The molecular formula is C25H30N4O3. The van der Waals surface area contributed by atoms with Crippen LogP contribution in [0.3, 0.4) is 0 Å². The van der Waals surface area contributed by atoms with E-state index < -0.39 is 18.2 Å². The molecule has 3 aromatic rings. The third-order valence-electron chi connectivity index (χ3n) is 6.35. The van der Waals surface area contributed by atoms with Crippen LogP contribution in [-0.4, -0.2) is 32.1 Å². The van der Waals surface area contributed by atoms with Gasteiger partial charge in [-0.3, -0.25) is 5.32 Å². The first kappa shape index (κ1) is 22.0. The number of fused-ring (bicyclic) bond motifs is 1. The second-order valence-electron chi connectivity index (χ2n) is 9.12. The van der Waals surface area contributed by atoms with Crippen molar-refractivity contribution in [3.05, 3.63) is 76.5 Å². The van der Waals surface area contributed by atoms with E-state index in [4.69, 9.17) is 0 Å². The molecule has 2 atom stereocenters. The Labute approximate surface area is 188 Å². The van der Waals surface area contributed by atoms with Crippen molar-refractivity contribution in [3.63, 3.8) is 0 Å². The lowest BCUT2D eigenvalue weighted by Gasteiger charge is -2.40. The fourth-order valence-electron chi connectivity index (χ4n) is 4.51. The number of anilines is 1. The van der Waals surface area contributed by atoms with Gasteiger partial charge in [0.15, 0.2) is 0 Å². The number of aliphatic hydroxyl groups is 2. The fourth-order valence-corrected chi connectivity index (χ4v) is 4.51. The van der Waals surface area contributed by atoms with Crippen LogP contribution in [0.15, 0.2) is 48.5 Å². The minimum atomic E-state index is -0.751. The lowest BCUT2D eigenvalue weighted by atomic mass is 9.69. The number of aryl methyl sites for hydroxylation is 1. The number of benzene rings is 2. The number of hydrogen-bond acceptors (Lipinski definition) is 4. The van der Waals surface area contributed by atoms with Gasteiger partial charge < -0.3 is 15.5 Å². The molecule has 32 heavy (non-hydrogen) atoms. The highest BCUT2D eigenvalue weighted by molar-refractivity contribution is 5.90. The van der Waals surface area contributed by atoms with Crippen molar-refractivity contribution >= 4 is 11.8 Å². The molecule has 4 rings (SSSR count). The summed E-state index contributed by atoms with van der Waals surface area (Å²) in [5, 5.41) is 31.0. The zero-order valence-corrected chi connectivity index (χ0v) is 18.9. The first-order valence-electron chi connectivity index (χ1n) is 10.8. The first-order valence-corrected chi connectivity index (χ1v) is 10.8. The lowest BCUT2D eigenvalue weighted by molar-refractivity contribution is 0.0881. The van der Waals surface area contributed by atoms with Gasteiger partial charge in [0.1, 0.15) is 5.82 Å². The van der Waals surface area contributed by atoms with E-state index in [2.05, 4.69) is 29.6 Å². The zero-order valence-electron chi connectivity index (χ0n) is 18.9. The lowest BCUT2D eigenvalue weighted by Crippen LogP contribution is -2.45. The summed E-state index contributed by atoms with van der Waals surface area (Å²) >= 11 is 0. The highest BCUT2D eigenvalue weighted by atomic mass is 16.3. The largest absolute Gasteiger partial charge is 0.392 e. The normalized spacial score (nSPS) is 19.3. The molecule has 1 aliphatic carbocycles. The molecule has 168 valence electrons. The number of hydrogen-bond donors (Lipinski definition) is 4. The molecule has 1 unspecified atom stereocenters. The Kier molecular flexibility index (Phi) is 5.79. The molecule has 2 aromatic carbocycles. The number of para-hydroxylation sites is 1.